The smallest absolute Gasteiger partial charge is 0.237 e. The van der Waals surface area contributed by atoms with Gasteiger partial charge in [0.15, 0.2) is 0 Å². The summed E-state index contributed by atoms with van der Waals surface area (Å²) in [6.45, 7) is 6.31. The second kappa shape index (κ2) is 6.49. The zero-order chi connectivity index (χ0) is 14.6. The van der Waals surface area contributed by atoms with Crippen LogP contribution in [0, 0.1) is 5.41 Å². The van der Waals surface area contributed by atoms with Gasteiger partial charge in [-0.25, -0.2) is 8.42 Å². The van der Waals surface area contributed by atoms with Crippen molar-refractivity contribution in [3.05, 3.63) is 0 Å². The first-order valence-corrected chi connectivity index (χ1v) is 7.54. The molecule has 6 nitrogen and oxygen atoms in total. The van der Waals surface area contributed by atoms with Crippen LogP contribution >= 0.6 is 0 Å². The van der Waals surface area contributed by atoms with E-state index in [1.807, 2.05) is 13.8 Å². The van der Waals surface area contributed by atoms with Crippen LogP contribution in [-0.4, -0.2) is 63.0 Å². The van der Waals surface area contributed by atoms with Crippen molar-refractivity contribution >= 4 is 15.9 Å². The van der Waals surface area contributed by atoms with Gasteiger partial charge in [0.1, 0.15) is 0 Å². The molecule has 1 amide bonds. The lowest BCUT2D eigenvalue weighted by Crippen LogP contribution is -2.44. The van der Waals surface area contributed by atoms with E-state index in [-0.39, 0.29) is 23.6 Å². The topological polar surface area (TPSA) is 83.7 Å². The fraction of sp³-hybridized carbons (Fsp3) is 0.909. The van der Waals surface area contributed by atoms with E-state index in [4.69, 9.17) is 5.73 Å². The lowest BCUT2D eigenvalue weighted by molar-refractivity contribution is -0.131. The molecule has 0 heterocycles. The van der Waals surface area contributed by atoms with Crippen LogP contribution in [0.1, 0.15) is 20.8 Å². The number of nitrogens with zero attached hydrogens (tertiary/aromatic N) is 2. The van der Waals surface area contributed by atoms with Crippen molar-refractivity contribution in [1.82, 2.24) is 9.21 Å². The van der Waals surface area contributed by atoms with Crippen LogP contribution in [-0.2, 0) is 14.8 Å². The van der Waals surface area contributed by atoms with Crippen molar-refractivity contribution in [2.75, 3.05) is 39.5 Å². The van der Waals surface area contributed by atoms with E-state index in [1.165, 1.54) is 11.9 Å². The molecule has 7 heteroatoms. The van der Waals surface area contributed by atoms with Gasteiger partial charge in [-0.2, -0.15) is 4.31 Å². The molecule has 0 aliphatic heterocycles. The molecule has 18 heavy (non-hydrogen) atoms. The second-order valence-electron chi connectivity index (χ2n) is 5.27. The van der Waals surface area contributed by atoms with Crippen molar-refractivity contribution in [3.63, 3.8) is 0 Å². The predicted octanol–water partition coefficient (Wildman–Crippen LogP) is -0.289. The molecule has 0 atom stereocenters. The van der Waals surface area contributed by atoms with E-state index in [0.29, 0.717) is 13.1 Å². The molecule has 0 fully saturated rings. The molecule has 0 aromatic carbocycles. The second-order valence-corrected chi connectivity index (χ2v) is 7.64. The van der Waals surface area contributed by atoms with Crippen molar-refractivity contribution in [2.24, 2.45) is 11.1 Å². The molecule has 0 rings (SSSR count). The molecule has 0 radical (unpaired) electrons. The number of carbonyl (C=O) groups is 1. The molecule has 0 unspecified atom stereocenters. The van der Waals surface area contributed by atoms with Gasteiger partial charge in [0, 0.05) is 20.6 Å². The van der Waals surface area contributed by atoms with Crippen molar-refractivity contribution < 1.29 is 13.2 Å². The SMILES string of the molecule is CCS(=O)(=O)N(C)CC(=O)N(C)CC(C)(C)CN. The van der Waals surface area contributed by atoms with Gasteiger partial charge in [0.05, 0.1) is 12.3 Å². The summed E-state index contributed by atoms with van der Waals surface area (Å²) < 4.78 is 24.2. The van der Waals surface area contributed by atoms with Gasteiger partial charge < -0.3 is 10.6 Å². The van der Waals surface area contributed by atoms with E-state index >= 15 is 0 Å². The Morgan fingerprint density at radius 3 is 2.17 bits per heavy atom. The maximum absolute atomic E-state index is 11.9. The number of hydrogen-bond acceptors (Lipinski definition) is 4. The maximum Gasteiger partial charge on any atom is 0.237 e. The summed E-state index contributed by atoms with van der Waals surface area (Å²) in [5, 5.41) is 0. The fourth-order valence-electron chi connectivity index (χ4n) is 1.42. The van der Waals surface area contributed by atoms with Gasteiger partial charge in [-0.1, -0.05) is 13.8 Å². The largest absolute Gasteiger partial charge is 0.344 e. The van der Waals surface area contributed by atoms with Crippen molar-refractivity contribution in [2.45, 2.75) is 20.8 Å². The summed E-state index contributed by atoms with van der Waals surface area (Å²) in [7, 11) is -0.241. The molecule has 0 spiro atoms. The van der Waals surface area contributed by atoms with Gasteiger partial charge in [-0.3, -0.25) is 4.79 Å². The molecule has 108 valence electrons. The molecule has 0 aromatic rings. The normalized spacial score (nSPS) is 12.8. The minimum Gasteiger partial charge on any atom is -0.344 e. The fourth-order valence-corrected chi connectivity index (χ4v) is 2.17. The van der Waals surface area contributed by atoms with Crippen LogP contribution in [0.5, 0.6) is 0 Å². The summed E-state index contributed by atoms with van der Waals surface area (Å²) in [5.74, 6) is -0.231. The van der Waals surface area contributed by atoms with Crippen LogP contribution in [0.3, 0.4) is 0 Å². The Morgan fingerprint density at radius 2 is 1.78 bits per heavy atom. The van der Waals surface area contributed by atoms with E-state index in [2.05, 4.69) is 0 Å². The third-order valence-corrected chi connectivity index (χ3v) is 4.65. The molecule has 0 bridgehead atoms. The number of hydrogen-bond donors (Lipinski definition) is 1. The summed E-state index contributed by atoms with van der Waals surface area (Å²) in [6.07, 6.45) is 0. The Labute approximate surface area is 110 Å². The number of amides is 1. The van der Waals surface area contributed by atoms with E-state index < -0.39 is 10.0 Å². The Balaban J connectivity index is 4.51. The number of sulfonamides is 1. The van der Waals surface area contributed by atoms with Crippen molar-refractivity contribution in [3.8, 4) is 0 Å². The van der Waals surface area contributed by atoms with Crippen LogP contribution in [0.2, 0.25) is 0 Å². The quantitative estimate of drug-likeness (QED) is 0.694. The average Bonchev–Trinajstić information content (AvgIpc) is 2.28. The average molecular weight is 279 g/mol. The van der Waals surface area contributed by atoms with Crippen LogP contribution in [0.4, 0.5) is 0 Å². The molecule has 0 aliphatic rings. The van der Waals surface area contributed by atoms with Gasteiger partial charge in [-0.15, -0.1) is 0 Å². The first-order valence-electron chi connectivity index (χ1n) is 5.94. The molecular formula is C11H25N3O3S. The summed E-state index contributed by atoms with van der Waals surface area (Å²) in [6, 6.07) is 0. The predicted molar refractivity (Wildman–Crippen MR) is 72.6 cm³/mol. The van der Waals surface area contributed by atoms with Crippen LogP contribution < -0.4 is 5.73 Å². The minimum absolute atomic E-state index is 0.00517. The van der Waals surface area contributed by atoms with E-state index in [0.717, 1.165) is 4.31 Å². The summed E-state index contributed by atoms with van der Waals surface area (Å²) in [4.78, 5) is 13.4. The zero-order valence-corrected chi connectivity index (χ0v) is 12.7. The first kappa shape index (κ1) is 17.3. The number of likely N-dealkylation sites (N-methyl/N-ethyl adjacent to an activating group) is 2. The number of carbonyl (C=O) groups excluding carboxylic acids is 1. The third-order valence-electron chi connectivity index (χ3n) is 2.84. The third kappa shape index (κ3) is 5.32. The molecule has 2 N–H and O–H groups in total. The first-order chi connectivity index (χ1) is 8.05. The maximum atomic E-state index is 11.9. The molecule has 0 aromatic heterocycles. The highest BCUT2D eigenvalue weighted by Gasteiger charge is 2.24. The molecule has 0 saturated heterocycles. The van der Waals surface area contributed by atoms with E-state index in [9.17, 15) is 13.2 Å². The summed E-state index contributed by atoms with van der Waals surface area (Å²) in [5.41, 5.74) is 5.43. The van der Waals surface area contributed by atoms with Crippen LogP contribution in [0.25, 0.3) is 0 Å². The highest BCUT2D eigenvalue weighted by molar-refractivity contribution is 7.89. The van der Waals surface area contributed by atoms with E-state index in [1.54, 1.807) is 14.0 Å². The Hall–Kier alpha value is -0.660. The standard InChI is InChI=1S/C11H25N3O3S/c1-6-18(16,17)14(5)7-10(15)13(4)9-11(2,3)8-12/h6-9,12H2,1-5H3. The minimum atomic E-state index is -3.31. The zero-order valence-electron chi connectivity index (χ0n) is 11.9. The number of nitrogens with two attached hydrogens (primary N) is 1. The highest BCUT2D eigenvalue weighted by atomic mass is 32.2. The van der Waals surface area contributed by atoms with Gasteiger partial charge >= 0.3 is 0 Å². The van der Waals surface area contributed by atoms with Gasteiger partial charge in [0.2, 0.25) is 15.9 Å². The lowest BCUT2D eigenvalue weighted by Gasteiger charge is -2.30. The molecule has 0 saturated carbocycles. The Morgan fingerprint density at radius 1 is 1.28 bits per heavy atom. The van der Waals surface area contributed by atoms with Gasteiger partial charge in [0.25, 0.3) is 0 Å². The number of rotatable bonds is 7. The van der Waals surface area contributed by atoms with Crippen molar-refractivity contribution in [1.29, 1.82) is 0 Å². The summed E-state index contributed by atoms with van der Waals surface area (Å²) >= 11 is 0. The Bertz CT molecular complexity index is 379. The van der Waals surface area contributed by atoms with Gasteiger partial charge in [-0.05, 0) is 18.9 Å². The molecule has 0 aliphatic carbocycles. The lowest BCUT2D eigenvalue weighted by atomic mass is 9.93. The monoisotopic (exact) mass is 279 g/mol. The Kier molecular flexibility index (Phi) is 6.25. The molecular weight excluding hydrogens is 254 g/mol. The van der Waals surface area contributed by atoms with Crippen LogP contribution in [0.15, 0.2) is 0 Å². The highest BCUT2D eigenvalue weighted by Crippen LogP contribution is 2.14.